The molecule has 1 atom stereocenters. The molecule has 0 bridgehead atoms. The lowest BCUT2D eigenvalue weighted by Crippen LogP contribution is -2.05. The van der Waals surface area contributed by atoms with Crippen molar-refractivity contribution in [3.8, 4) is 0 Å². The summed E-state index contributed by atoms with van der Waals surface area (Å²) in [7, 11) is -1.70. The zero-order valence-electron chi connectivity index (χ0n) is 8.13. The molecule has 0 heterocycles. The SMILES string of the molecule is O=[PH](OC1CCCC1)C1CCCC1. The molecule has 0 aromatic heterocycles. The van der Waals surface area contributed by atoms with Crippen LogP contribution in [0.5, 0.6) is 0 Å². The van der Waals surface area contributed by atoms with E-state index in [0.717, 1.165) is 25.7 Å². The minimum atomic E-state index is -1.70. The predicted octanol–water partition coefficient (Wildman–Crippen LogP) is 3.36. The molecule has 2 nitrogen and oxygen atoms in total. The van der Waals surface area contributed by atoms with Crippen LogP contribution in [0.15, 0.2) is 0 Å². The molecule has 3 heteroatoms. The molecule has 0 aliphatic heterocycles. The van der Waals surface area contributed by atoms with Gasteiger partial charge in [0, 0.05) is 5.66 Å². The zero-order valence-corrected chi connectivity index (χ0v) is 9.13. The van der Waals surface area contributed by atoms with E-state index < -0.39 is 8.03 Å². The Bertz CT molecular complexity index is 181. The van der Waals surface area contributed by atoms with Gasteiger partial charge in [0.15, 0.2) is 8.03 Å². The first-order chi connectivity index (χ1) is 6.36. The van der Waals surface area contributed by atoms with E-state index in [2.05, 4.69) is 0 Å². The second-order valence-corrected chi connectivity index (χ2v) is 6.02. The highest BCUT2D eigenvalue weighted by Crippen LogP contribution is 2.43. The topological polar surface area (TPSA) is 26.3 Å². The summed E-state index contributed by atoms with van der Waals surface area (Å²) in [6, 6.07) is 0. The van der Waals surface area contributed by atoms with Crippen molar-refractivity contribution in [3.63, 3.8) is 0 Å². The average Bonchev–Trinajstić information content (AvgIpc) is 2.74. The first-order valence-electron chi connectivity index (χ1n) is 5.57. The molecular weight excluding hydrogens is 183 g/mol. The van der Waals surface area contributed by atoms with E-state index in [0.29, 0.717) is 11.8 Å². The fourth-order valence-corrected chi connectivity index (χ4v) is 4.06. The van der Waals surface area contributed by atoms with E-state index in [1.54, 1.807) is 0 Å². The summed E-state index contributed by atoms with van der Waals surface area (Å²) < 4.78 is 17.4. The molecule has 2 fully saturated rings. The van der Waals surface area contributed by atoms with Crippen LogP contribution in [0.1, 0.15) is 51.4 Å². The van der Waals surface area contributed by atoms with Gasteiger partial charge in [0.2, 0.25) is 0 Å². The number of rotatable bonds is 3. The summed E-state index contributed by atoms with van der Waals surface area (Å²) >= 11 is 0. The molecule has 0 saturated heterocycles. The van der Waals surface area contributed by atoms with Crippen molar-refractivity contribution in [1.82, 2.24) is 0 Å². The van der Waals surface area contributed by atoms with Gasteiger partial charge in [0.1, 0.15) is 0 Å². The molecule has 0 spiro atoms. The fraction of sp³-hybridized carbons (Fsp3) is 1.00. The van der Waals surface area contributed by atoms with Crippen molar-refractivity contribution >= 4 is 8.03 Å². The van der Waals surface area contributed by atoms with Crippen LogP contribution in [0.4, 0.5) is 0 Å². The van der Waals surface area contributed by atoms with Gasteiger partial charge in [-0.25, -0.2) is 0 Å². The molecule has 0 radical (unpaired) electrons. The van der Waals surface area contributed by atoms with E-state index in [4.69, 9.17) is 4.52 Å². The number of hydrogen-bond acceptors (Lipinski definition) is 2. The highest BCUT2D eigenvalue weighted by molar-refractivity contribution is 7.40. The van der Waals surface area contributed by atoms with E-state index >= 15 is 0 Å². The van der Waals surface area contributed by atoms with Crippen LogP contribution >= 0.6 is 8.03 Å². The lowest BCUT2D eigenvalue weighted by atomic mass is 10.3. The third kappa shape index (κ3) is 2.57. The molecular formula is C10H19O2P. The van der Waals surface area contributed by atoms with Gasteiger partial charge in [-0.2, -0.15) is 0 Å². The quantitative estimate of drug-likeness (QED) is 0.656. The summed E-state index contributed by atoms with van der Waals surface area (Å²) in [6.45, 7) is 0. The molecule has 2 aliphatic carbocycles. The Kier molecular flexibility index (Phi) is 3.45. The third-order valence-corrected chi connectivity index (χ3v) is 5.08. The summed E-state index contributed by atoms with van der Waals surface area (Å²) in [5.74, 6) is 0. The molecule has 0 N–H and O–H groups in total. The van der Waals surface area contributed by atoms with Crippen molar-refractivity contribution in [1.29, 1.82) is 0 Å². The molecule has 13 heavy (non-hydrogen) atoms. The Morgan fingerprint density at radius 1 is 0.923 bits per heavy atom. The van der Waals surface area contributed by atoms with Gasteiger partial charge in [-0.3, -0.25) is 4.57 Å². The molecule has 0 aromatic rings. The van der Waals surface area contributed by atoms with Crippen molar-refractivity contribution < 1.29 is 9.09 Å². The maximum Gasteiger partial charge on any atom is 0.194 e. The highest BCUT2D eigenvalue weighted by atomic mass is 31.1. The fourth-order valence-electron chi connectivity index (χ4n) is 2.43. The van der Waals surface area contributed by atoms with Crippen molar-refractivity contribution in [2.75, 3.05) is 0 Å². The van der Waals surface area contributed by atoms with Crippen molar-refractivity contribution in [3.05, 3.63) is 0 Å². The predicted molar refractivity (Wildman–Crippen MR) is 54.6 cm³/mol. The molecule has 2 rings (SSSR count). The van der Waals surface area contributed by atoms with Crippen LogP contribution in [0, 0.1) is 0 Å². The van der Waals surface area contributed by atoms with Crippen LogP contribution in [0.2, 0.25) is 0 Å². The summed E-state index contributed by atoms with van der Waals surface area (Å²) in [4.78, 5) is 0. The van der Waals surface area contributed by atoms with E-state index in [1.165, 1.54) is 25.7 Å². The van der Waals surface area contributed by atoms with Gasteiger partial charge in [0.25, 0.3) is 0 Å². The maximum absolute atomic E-state index is 11.8. The van der Waals surface area contributed by atoms with E-state index in [9.17, 15) is 4.57 Å². The molecule has 2 aliphatic rings. The summed E-state index contributed by atoms with van der Waals surface area (Å²) in [5, 5.41) is 0. The smallest absolute Gasteiger partial charge is 0.194 e. The van der Waals surface area contributed by atoms with Gasteiger partial charge in [-0.1, -0.05) is 25.7 Å². The standard InChI is InChI=1S/C10H19O2P/c11-13(10-7-3-4-8-10)12-9-5-1-2-6-9/h9-10,13H,1-8H2. The Morgan fingerprint density at radius 2 is 1.46 bits per heavy atom. The molecule has 0 aromatic carbocycles. The molecule has 0 amide bonds. The second-order valence-electron chi connectivity index (χ2n) is 4.32. The zero-order chi connectivity index (χ0) is 9.10. The highest BCUT2D eigenvalue weighted by Gasteiger charge is 2.25. The van der Waals surface area contributed by atoms with Gasteiger partial charge >= 0.3 is 0 Å². The summed E-state index contributed by atoms with van der Waals surface area (Å²) in [6.07, 6.45) is 9.97. The monoisotopic (exact) mass is 202 g/mol. The first kappa shape index (κ1) is 9.73. The van der Waals surface area contributed by atoms with E-state index in [-0.39, 0.29) is 0 Å². The Morgan fingerprint density at radius 3 is 2.08 bits per heavy atom. The lowest BCUT2D eigenvalue weighted by Gasteiger charge is -2.14. The Labute approximate surface area is 80.9 Å². The third-order valence-electron chi connectivity index (χ3n) is 3.27. The molecule has 1 unspecified atom stereocenters. The minimum Gasteiger partial charge on any atom is -0.327 e. The van der Waals surface area contributed by atoms with Crippen LogP contribution < -0.4 is 0 Å². The van der Waals surface area contributed by atoms with Gasteiger partial charge < -0.3 is 4.52 Å². The second kappa shape index (κ2) is 4.61. The first-order valence-corrected chi connectivity index (χ1v) is 6.96. The normalized spacial score (nSPS) is 28.3. The average molecular weight is 202 g/mol. The van der Waals surface area contributed by atoms with E-state index in [1.807, 2.05) is 0 Å². The van der Waals surface area contributed by atoms with Gasteiger partial charge in [-0.05, 0) is 25.7 Å². The van der Waals surface area contributed by atoms with Crippen LogP contribution in [0.3, 0.4) is 0 Å². The van der Waals surface area contributed by atoms with Crippen LogP contribution in [-0.4, -0.2) is 11.8 Å². The number of hydrogen-bond donors (Lipinski definition) is 0. The van der Waals surface area contributed by atoms with Crippen molar-refractivity contribution in [2.45, 2.75) is 63.1 Å². The van der Waals surface area contributed by atoms with Gasteiger partial charge in [-0.15, -0.1) is 0 Å². The summed E-state index contributed by atoms with van der Waals surface area (Å²) in [5.41, 5.74) is 0.422. The van der Waals surface area contributed by atoms with Crippen molar-refractivity contribution in [2.24, 2.45) is 0 Å². The van der Waals surface area contributed by atoms with Gasteiger partial charge in [0.05, 0.1) is 6.10 Å². The maximum atomic E-state index is 11.8. The molecule has 76 valence electrons. The largest absolute Gasteiger partial charge is 0.327 e. The Balaban J connectivity index is 1.76. The Hall–Kier alpha value is 0.190. The van der Waals surface area contributed by atoms with Crippen LogP contribution in [0.25, 0.3) is 0 Å². The van der Waals surface area contributed by atoms with Crippen LogP contribution in [-0.2, 0) is 9.09 Å². The molecule has 2 saturated carbocycles. The lowest BCUT2D eigenvalue weighted by molar-refractivity contribution is 0.219. The minimum absolute atomic E-state index is 0.340.